The summed E-state index contributed by atoms with van der Waals surface area (Å²) >= 11 is 12.3. The van der Waals surface area contributed by atoms with Crippen LogP contribution in [0.1, 0.15) is 5.56 Å². The number of ether oxygens (including phenoxy) is 1. The molecule has 0 saturated carbocycles. The zero-order valence-electron chi connectivity index (χ0n) is 13.8. The standard InChI is InChI=1S/C19H20Cl2N2O2/c20-16-6-7-17(21)18(12-16)22-8-10-23(11-9-22)19(24)14-25-13-15-4-2-1-3-5-15/h1-7,12H,8-11,13-14H2. The molecule has 25 heavy (non-hydrogen) atoms. The van der Waals surface area contributed by atoms with Crippen LogP contribution in [0.5, 0.6) is 0 Å². The minimum absolute atomic E-state index is 0.0211. The van der Waals surface area contributed by atoms with Crippen molar-refractivity contribution in [2.24, 2.45) is 0 Å². The molecule has 1 aliphatic rings. The summed E-state index contributed by atoms with van der Waals surface area (Å²) in [6.07, 6.45) is 0. The first kappa shape index (κ1) is 18.1. The fraction of sp³-hybridized carbons (Fsp3) is 0.316. The molecule has 0 radical (unpaired) electrons. The van der Waals surface area contributed by atoms with E-state index in [2.05, 4.69) is 4.90 Å². The maximum absolute atomic E-state index is 12.3. The number of rotatable bonds is 5. The number of piperazine rings is 1. The molecule has 2 aromatic carbocycles. The second kappa shape index (κ2) is 8.56. The molecule has 1 fully saturated rings. The zero-order chi connectivity index (χ0) is 17.6. The maximum atomic E-state index is 12.3. The first-order chi connectivity index (χ1) is 12.1. The van der Waals surface area contributed by atoms with Gasteiger partial charge in [0.05, 0.1) is 17.3 Å². The Bertz CT molecular complexity index is 717. The summed E-state index contributed by atoms with van der Waals surface area (Å²) in [5.74, 6) is 0.0211. The Morgan fingerprint density at radius 1 is 1.00 bits per heavy atom. The molecule has 0 spiro atoms. The van der Waals surface area contributed by atoms with Crippen LogP contribution >= 0.6 is 23.2 Å². The molecule has 1 aliphatic heterocycles. The van der Waals surface area contributed by atoms with Gasteiger partial charge in [-0.3, -0.25) is 4.79 Å². The zero-order valence-corrected chi connectivity index (χ0v) is 15.3. The summed E-state index contributed by atoms with van der Waals surface area (Å²) < 4.78 is 5.54. The van der Waals surface area contributed by atoms with Crippen molar-refractivity contribution in [1.82, 2.24) is 4.90 Å². The molecule has 2 aromatic rings. The molecule has 0 unspecified atom stereocenters. The van der Waals surface area contributed by atoms with Crippen molar-refractivity contribution in [3.05, 3.63) is 64.1 Å². The first-order valence-electron chi connectivity index (χ1n) is 8.23. The largest absolute Gasteiger partial charge is 0.367 e. The van der Waals surface area contributed by atoms with Gasteiger partial charge in [-0.25, -0.2) is 0 Å². The molecule has 0 bridgehead atoms. The summed E-state index contributed by atoms with van der Waals surface area (Å²) in [4.78, 5) is 16.3. The van der Waals surface area contributed by atoms with Crippen LogP contribution in [0.25, 0.3) is 0 Å². The van der Waals surface area contributed by atoms with E-state index in [1.807, 2.05) is 41.3 Å². The van der Waals surface area contributed by atoms with Gasteiger partial charge >= 0.3 is 0 Å². The molecule has 1 saturated heterocycles. The lowest BCUT2D eigenvalue weighted by molar-refractivity contribution is -0.136. The van der Waals surface area contributed by atoms with E-state index in [0.717, 1.165) is 24.3 Å². The topological polar surface area (TPSA) is 32.8 Å². The second-order valence-electron chi connectivity index (χ2n) is 5.94. The third-order valence-corrected chi connectivity index (χ3v) is 4.77. The normalized spacial score (nSPS) is 14.6. The predicted octanol–water partition coefficient (Wildman–Crippen LogP) is 3.86. The number of benzene rings is 2. The van der Waals surface area contributed by atoms with Gasteiger partial charge in [0.1, 0.15) is 6.61 Å². The van der Waals surface area contributed by atoms with Crippen LogP contribution < -0.4 is 4.90 Å². The average molecular weight is 379 g/mol. The van der Waals surface area contributed by atoms with Gasteiger partial charge in [0.25, 0.3) is 0 Å². The fourth-order valence-corrected chi connectivity index (χ4v) is 3.25. The predicted molar refractivity (Wildman–Crippen MR) is 101 cm³/mol. The van der Waals surface area contributed by atoms with E-state index in [1.165, 1.54) is 0 Å². The van der Waals surface area contributed by atoms with Crippen LogP contribution in [0.4, 0.5) is 5.69 Å². The number of hydrogen-bond acceptors (Lipinski definition) is 3. The molecule has 132 valence electrons. The van der Waals surface area contributed by atoms with Gasteiger partial charge in [-0.15, -0.1) is 0 Å². The lowest BCUT2D eigenvalue weighted by atomic mass is 10.2. The number of hydrogen-bond donors (Lipinski definition) is 0. The van der Waals surface area contributed by atoms with Gasteiger partial charge < -0.3 is 14.5 Å². The van der Waals surface area contributed by atoms with Gasteiger partial charge in [-0.2, -0.15) is 0 Å². The van der Waals surface area contributed by atoms with Crippen LogP contribution in [0, 0.1) is 0 Å². The Morgan fingerprint density at radius 2 is 1.72 bits per heavy atom. The highest BCUT2D eigenvalue weighted by Crippen LogP contribution is 2.29. The third kappa shape index (κ3) is 4.88. The van der Waals surface area contributed by atoms with E-state index < -0.39 is 0 Å². The fourth-order valence-electron chi connectivity index (χ4n) is 2.85. The van der Waals surface area contributed by atoms with E-state index >= 15 is 0 Å². The van der Waals surface area contributed by atoms with Crippen molar-refractivity contribution in [3.63, 3.8) is 0 Å². The molecule has 0 aromatic heterocycles. The van der Waals surface area contributed by atoms with Crippen LogP contribution in [0.3, 0.4) is 0 Å². The minimum Gasteiger partial charge on any atom is -0.367 e. The van der Waals surface area contributed by atoms with Gasteiger partial charge in [0, 0.05) is 31.2 Å². The van der Waals surface area contributed by atoms with Gasteiger partial charge in [0.15, 0.2) is 0 Å². The van der Waals surface area contributed by atoms with Gasteiger partial charge in [-0.1, -0.05) is 53.5 Å². The highest BCUT2D eigenvalue weighted by atomic mass is 35.5. The van der Waals surface area contributed by atoms with Gasteiger partial charge in [0.2, 0.25) is 5.91 Å². The van der Waals surface area contributed by atoms with E-state index in [1.54, 1.807) is 12.1 Å². The Kier molecular flexibility index (Phi) is 6.19. The quantitative estimate of drug-likeness (QED) is 0.791. The van der Waals surface area contributed by atoms with Crippen molar-refractivity contribution >= 4 is 34.8 Å². The molecule has 1 heterocycles. The average Bonchev–Trinajstić information content (AvgIpc) is 2.65. The molecular weight excluding hydrogens is 359 g/mol. The number of carbonyl (C=O) groups is 1. The SMILES string of the molecule is O=C(COCc1ccccc1)N1CCN(c2cc(Cl)ccc2Cl)CC1. The Hall–Kier alpha value is -1.75. The maximum Gasteiger partial charge on any atom is 0.248 e. The number of anilines is 1. The van der Waals surface area contributed by atoms with Crippen molar-refractivity contribution in [3.8, 4) is 0 Å². The smallest absolute Gasteiger partial charge is 0.248 e. The molecule has 0 atom stereocenters. The molecule has 1 amide bonds. The molecule has 4 nitrogen and oxygen atoms in total. The summed E-state index contributed by atoms with van der Waals surface area (Å²) in [5.41, 5.74) is 1.98. The Labute approximate surface area is 157 Å². The first-order valence-corrected chi connectivity index (χ1v) is 8.98. The highest BCUT2D eigenvalue weighted by Gasteiger charge is 2.22. The third-order valence-electron chi connectivity index (χ3n) is 4.22. The Morgan fingerprint density at radius 3 is 2.44 bits per heavy atom. The molecule has 0 aliphatic carbocycles. The number of nitrogens with zero attached hydrogens (tertiary/aromatic N) is 2. The summed E-state index contributed by atoms with van der Waals surface area (Å²) in [7, 11) is 0. The molecular formula is C19H20Cl2N2O2. The van der Waals surface area contributed by atoms with Crippen LogP contribution in [0.15, 0.2) is 48.5 Å². The van der Waals surface area contributed by atoms with Crippen LogP contribution in [-0.2, 0) is 16.1 Å². The lowest BCUT2D eigenvalue weighted by Crippen LogP contribution is -2.49. The number of carbonyl (C=O) groups excluding carboxylic acids is 1. The van der Waals surface area contributed by atoms with E-state index in [9.17, 15) is 4.79 Å². The van der Waals surface area contributed by atoms with Crippen molar-refractivity contribution in [2.75, 3.05) is 37.7 Å². The monoisotopic (exact) mass is 378 g/mol. The van der Waals surface area contributed by atoms with E-state index in [-0.39, 0.29) is 12.5 Å². The Balaban J connectivity index is 1.47. The van der Waals surface area contributed by atoms with E-state index in [4.69, 9.17) is 27.9 Å². The summed E-state index contributed by atoms with van der Waals surface area (Å²) in [5, 5.41) is 1.34. The minimum atomic E-state index is 0.0211. The summed E-state index contributed by atoms with van der Waals surface area (Å²) in [6, 6.07) is 15.3. The number of halogens is 2. The summed E-state index contributed by atoms with van der Waals surface area (Å²) in [6.45, 7) is 3.30. The second-order valence-corrected chi connectivity index (χ2v) is 6.79. The van der Waals surface area contributed by atoms with Crippen LogP contribution in [0.2, 0.25) is 10.0 Å². The molecule has 0 N–H and O–H groups in total. The van der Waals surface area contributed by atoms with Crippen molar-refractivity contribution < 1.29 is 9.53 Å². The molecule has 3 rings (SSSR count). The highest BCUT2D eigenvalue weighted by molar-refractivity contribution is 6.35. The molecule has 6 heteroatoms. The van der Waals surface area contributed by atoms with Crippen LogP contribution in [-0.4, -0.2) is 43.6 Å². The van der Waals surface area contributed by atoms with Gasteiger partial charge in [-0.05, 0) is 23.8 Å². The van der Waals surface area contributed by atoms with Crippen molar-refractivity contribution in [2.45, 2.75) is 6.61 Å². The lowest BCUT2D eigenvalue weighted by Gasteiger charge is -2.36. The number of amides is 1. The van der Waals surface area contributed by atoms with Crippen molar-refractivity contribution in [1.29, 1.82) is 0 Å². The van der Waals surface area contributed by atoms with E-state index in [0.29, 0.717) is 29.7 Å².